The van der Waals surface area contributed by atoms with Crippen LogP contribution in [0.15, 0.2) is 18.2 Å². The summed E-state index contributed by atoms with van der Waals surface area (Å²) in [4.78, 5) is 10.2. The number of benzene rings is 1. The van der Waals surface area contributed by atoms with Crippen LogP contribution in [0.25, 0.3) is 0 Å². The van der Waals surface area contributed by atoms with Crippen LogP contribution in [0.1, 0.15) is 38.2 Å². The lowest BCUT2D eigenvalue weighted by molar-refractivity contribution is -0.384. The molecule has 1 N–H and O–H groups in total. The number of nitro groups is 1. The van der Waals surface area contributed by atoms with Gasteiger partial charge in [-0.2, -0.15) is 13.2 Å². The Morgan fingerprint density at radius 3 is 2.48 bits per heavy atom. The van der Waals surface area contributed by atoms with E-state index in [0.29, 0.717) is 12.6 Å². The summed E-state index contributed by atoms with van der Waals surface area (Å²) in [6, 6.07) is 2.60. The van der Waals surface area contributed by atoms with Gasteiger partial charge in [-0.1, -0.05) is 13.3 Å². The van der Waals surface area contributed by atoms with E-state index in [1.54, 1.807) is 0 Å². The molecule has 0 bridgehead atoms. The molecule has 0 radical (unpaired) electrons. The van der Waals surface area contributed by atoms with Gasteiger partial charge in [0.1, 0.15) is 5.69 Å². The molecule has 0 aliphatic heterocycles. The summed E-state index contributed by atoms with van der Waals surface area (Å²) in [5.74, 6) is 0. The summed E-state index contributed by atoms with van der Waals surface area (Å²) in [7, 11) is 0. The maximum atomic E-state index is 12.6. The van der Waals surface area contributed by atoms with Crippen molar-refractivity contribution < 1.29 is 18.1 Å². The topological polar surface area (TPSA) is 55.2 Å². The van der Waals surface area contributed by atoms with E-state index >= 15 is 0 Å². The zero-order valence-electron chi connectivity index (χ0n) is 11.7. The maximum absolute atomic E-state index is 12.6. The predicted octanol–water partition coefficient (Wildman–Crippen LogP) is 4.61. The zero-order chi connectivity index (χ0) is 15.7. The molecule has 1 aromatic rings. The lowest BCUT2D eigenvalue weighted by atomic mass is 9.67. The Bertz CT molecular complexity index is 534. The van der Waals surface area contributed by atoms with Gasteiger partial charge < -0.3 is 5.32 Å². The van der Waals surface area contributed by atoms with Crippen molar-refractivity contribution >= 4 is 11.4 Å². The second-order valence-corrected chi connectivity index (χ2v) is 5.55. The Morgan fingerprint density at radius 1 is 1.38 bits per heavy atom. The fraction of sp³-hybridized carbons (Fsp3) is 0.571. The van der Waals surface area contributed by atoms with E-state index < -0.39 is 22.4 Å². The van der Waals surface area contributed by atoms with Gasteiger partial charge in [-0.3, -0.25) is 10.1 Å². The van der Waals surface area contributed by atoms with Crippen molar-refractivity contribution in [2.24, 2.45) is 5.41 Å². The number of alkyl halides is 3. The molecular weight excluding hydrogens is 285 g/mol. The predicted molar refractivity (Wildman–Crippen MR) is 73.2 cm³/mol. The SMILES string of the molecule is CCC1(CNc2ccc(C(F)(F)F)cc2[N+](=O)[O-])CCC1. The monoisotopic (exact) mass is 302 g/mol. The second kappa shape index (κ2) is 5.54. The van der Waals surface area contributed by atoms with Crippen molar-refractivity contribution in [3.8, 4) is 0 Å². The molecule has 1 aromatic carbocycles. The van der Waals surface area contributed by atoms with Gasteiger partial charge in [0.2, 0.25) is 0 Å². The third kappa shape index (κ3) is 3.28. The molecule has 1 saturated carbocycles. The van der Waals surface area contributed by atoms with Crippen LogP contribution >= 0.6 is 0 Å². The highest BCUT2D eigenvalue weighted by Gasteiger charge is 2.36. The minimum absolute atomic E-state index is 0.122. The number of hydrogen-bond donors (Lipinski definition) is 1. The summed E-state index contributed by atoms with van der Waals surface area (Å²) in [6.07, 6.45) is -0.406. The molecular formula is C14H17F3N2O2. The smallest absolute Gasteiger partial charge is 0.379 e. The molecule has 1 aliphatic carbocycles. The highest BCUT2D eigenvalue weighted by Crippen LogP contribution is 2.44. The number of nitrogens with zero attached hydrogens (tertiary/aromatic N) is 1. The fourth-order valence-corrected chi connectivity index (χ4v) is 2.62. The molecule has 2 rings (SSSR count). The van der Waals surface area contributed by atoms with Crippen molar-refractivity contribution in [3.05, 3.63) is 33.9 Å². The Balaban J connectivity index is 2.21. The summed E-state index contributed by atoms with van der Waals surface area (Å²) >= 11 is 0. The van der Waals surface area contributed by atoms with Gasteiger partial charge >= 0.3 is 6.18 Å². The molecule has 1 aliphatic rings. The molecule has 0 aromatic heterocycles. The largest absolute Gasteiger partial charge is 0.416 e. The van der Waals surface area contributed by atoms with Crippen LogP contribution < -0.4 is 5.32 Å². The third-order valence-corrected chi connectivity index (χ3v) is 4.34. The second-order valence-electron chi connectivity index (χ2n) is 5.55. The normalized spacial score (nSPS) is 17.1. The van der Waals surface area contributed by atoms with Crippen molar-refractivity contribution in [1.29, 1.82) is 0 Å². The number of rotatable bonds is 5. The fourth-order valence-electron chi connectivity index (χ4n) is 2.62. The zero-order valence-corrected chi connectivity index (χ0v) is 11.7. The van der Waals surface area contributed by atoms with Gasteiger partial charge in [-0.05, 0) is 36.8 Å². The van der Waals surface area contributed by atoms with Crippen LogP contribution in [0.4, 0.5) is 24.5 Å². The summed E-state index contributed by atoms with van der Waals surface area (Å²) in [6.45, 7) is 2.61. The average molecular weight is 302 g/mol. The van der Waals surface area contributed by atoms with Gasteiger partial charge in [-0.25, -0.2) is 0 Å². The minimum atomic E-state index is -4.58. The molecule has 0 saturated heterocycles. The van der Waals surface area contributed by atoms with E-state index in [1.165, 1.54) is 0 Å². The highest BCUT2D eigenvalue weighted by molar-refractivity contribution is 5.63. The van der Waals surface area contributed by atoms with Crippen LogP contribution in [0.3, 0.4) is 0 Å². The van der Waals surface area contributed by atoms with E-state index in [2.05, 4.69) is 12.2 Å². The standard InChI is InChI=1S/C14H17F3N2O2/c1-2-13(6-3-7-13)9-18-11-5-4-10(14(15,16)17)8-12(11)19(20)21/h4-5,8,18H,2-3,6-7,9H2,1H3. The Morgan fingerprint density at radius 2 is 2.05 bits per heavy atom. The maximum Gasteiger partial charge on any atom is 0.416 e. The number of hydrogen-bond acceptors (Lipinski definition) is 3. The summed E-state index contributed by atoms with van der Waals surface area (Å²) in [5, 5.41) is 13.9. The molecule has 21 heavy (non-hydrogen) atoms. The first-order valence-corrected chi connectivity index (χ1v) is 6.87. The van der Waals surface area contributed by atoms with E-state index in [0.717, 1.165) is 37.8 Å². The molecule has 0 unspecified atom stereocenters. The first kappa shape index (κ1) is 15.6. The first-order chi connectivity index (χ1) is 9.77. The molecule has 0 heterocycles. The van der Waals surface area contributed by atoms with Crippen LogP contribution in [-0.2, 0) is 6.18 Å². The summed E-state index contributed by atoms with van der Waals surface area (Å²) in [5.41, 5.74) is -1.27. The van der Waals surface area contributed by atoms with E-state index in [1.807, 2.05) is 0 Å². The average Bonchev–Trinajstić information content (AvgIpc) is 2.36. The first-order valence-electron chi connectivity index (χ1n) is 6.87. The number of anilines is 1. The van der Waals surface area contributed by atoms with Gasteiger partial charge in [0.05, 0.1) is 10.5 Å². The molecule has 1 fully saturated rings. The van der Waals surface area contributed by atoms with Crippen LogP contribution in [0.2, 0.25) is 0 Å². The van der Waals surface area contributed by atoms with Gasteiger partial charge in [0, 0.05) is 12.6 Å². The lowest BCUT2D eigenvalue weighted by Gasteiger charge is -2.41. The summed E-state index contributed by atoms with van der Waals surface area (Å²) < 4.78 is 37.8. The third-order valence-electron chi connectivity index (χ3n) is 4.34. The minimum Gasteiger partial charge on any atom is -0.379 e. The quantitative estimate of drug-likeness (QED) is 0.638. The van der Waals surface area contributed by atoms with Gasteiger partial charge in [0.15, 0.2) is 0 Å². The van der Waals surface area contributed by atoms with Crippen LogP contribution in [-0.4, -0.2) is 11.5 Å². The molecule has 0 amide bonds. The van der Waals surface area contributed by atoms with Gasteiger partial charge in [0.25, 0.3) is 5.69 Å². The number of halogens is 3. The van der Waals surface area contributed by atoms with E-state index in [4.69, 9.17) is 0 Å². The van der Waals surface area contributed by atoms with E-state index in [9.17, 15) is 23.3 Å². The van der Waals surface area contributed by atoms with Crippen molar-refractivity contribution in [2.75, 3.05) is 11.9 Å². The highest BCUT2D eigenvalue weighted by atomic mass is 19.4. The Labute approximate surface area is 120 Å². The Kier molecular flexibility index (Phi) is 4.11. The molecule has 0 atom stereocenters. The van der Waals surface area contributed by atoms with Crippen molar-refractivity contribution in [3.63, 3.8) is 0 Å². The van der Waals surface area contributed by atoms with Crippen LogP contribution in [0.5, 0.6) is 0 Å². The van der Waals surface area contributed by atoms with Crippen molar-refractivity contribution in [1.82, 2.24) is 0 Å². The Hall–Kier alpha value is -1.79. The van der Waals surface area contributed by atoms with Gasteiger partial charge in [-0.15, -0.1) is 0 Å². The van der Waals surface area contributed by atoms with Crippen LogP contribution in [0, 0.1) is 15.5 Å². The number of nitrogens with one attached hydrogen (secondary N) is 1. The molecule has 116 valence electrons. The van der Waals surface area contributed by atoms with Crippen molar-refractivity contribution in [2.45, 2.75) is 38.8 Å². The lowest BCUT2D eigenvalue weighted by Crippen LogP contribution is -2.35. The van der Waals surface area contributed by atoms with E-state index in [-0.39, 0.29) is 11.1 Å². The number of nitro benzene ring substituents is 1. The molecule has 0 spiro atoms. The molecule has 7 heteroatoms. The molecule has 4 nitrogen and oxygen atoms in total.